The van der Waals surface area contributed by atoms with E-state index in [0.717, 1.165) is 0 Å². The predicted octanol–water partition coefficient (Wildman–Crippen LogP) is 0.376. The van der Waals surface area contributed by atoms with Gasteiger partial charge in [-0.25, -0.2) is 4.98 Å². The van der Waals surface area contributed by atoms with E-state index in [9.17, 15) is 0 Å². The average Bonchev–Trinajstić information content (AvgIpc) is 2.34. The van der Waals surface area contributed by atoms with E-state index in [4.69, 9.17) is 23.2 Å². The van der Waals surface area contributed by atoms with Gasteiger partial charge in [-0.2, -0.15) is 5.10 Å². The van der Waals surface area contributed by atoms with Crippen LogP contribution in [0.4, 0.5) is 0 Å². The number of amidine groups is 1. The number of halogens is 1. The summed E-state index contributed by atoms with van der Waals surface area (Å²) in [6.07, 6.45) is 1.50. The minimum absolute atomic E-state index is 0.205. The van der Waals surface area contributed by atoms with E-state index < -0.39 is 0 Å². The smallest absolute Gasteiger partial charge is 0.179 e. The van der Waals surface area contributed by atoms with Gasteiger partial charge >= 0.3 is 0 Å². The zero-order chi connectivity index (χ0) is 7.56. The minimum Gasteiger partial charge on any atom is -0.380 e. The number of hydrogen-bond acceptors (Lipinski definition) is 4. The molecule has 0 aliphatic rings. The Balaban J connectivity index is 2.95. The molecule has 0 bridgehead atoms. The second-order valence-corrected chi connectivity index (χ2v) is 3.15. The molecule has 1 aromatic heterocycles. The first-order chi connectivity index (χ1) is 4.74. The van der Waals surface area contributed by atoms with E-state index in [-0.39, 0.29) is 5.84 Å². The van der Waals surface area contributed by atoms with E-state index in [1.54, 1.807) is 0 Å². The number of thiazole rings is 1. The molecule has 0 radical (unpaired) electrons. The van der Waals surface area contributed by atoms with Gasteiger partial charge in [0.05, 0.1) is 6.20 Å². The van der Waals surface area contributed by atoms with Crippen LogP contribution < -0.4 is 11.6 Å². The summed E-state index contributed by atoms with van der Waals surface area (Å²) in [6.45, 7) is 0. The van der Waals surface area contributed by atoms with Gasteiger partial charge in [0.15, 0.2) is 10.8 Å². The molecule has 54 valence electrons. The van der Waals surface area contributed by atoms with E-state index in [0.29, 0.717) is 9.34 Å². The number of hydrazone groups is 1. The molecule has 4 N–H and O–H groups in total. The van der Waals surface area contributed by atoms with Crippen LogP contribution >= 0.6 is 22.9 Å². The Morgan fingerprint density at radius 3 is 2.90 bits per heavy atom. The van der Waals surface area contributed by atoms with Crippen molar-refractivity contribution in [3.63, 3.8) is 0 Å². The third-order valence-corrected chi connectivity index (χ3v) is 1.97. The molecule has 0 spiro atoms. The molecule has 1 rings (SSSR count). The third kappa shape index (κ3) is 1.37. The monoisotopic (exact) mass is 176 g/mol. The number of rotatable bonds is 1. The summed E-state index contributed by atoms with van der Waals surface area (Å²) in [4.78, 5) is 3.84. The first-order valence-corrected chi connectivity index (χ1v) is 3.58. The normalized spacial score (nSPS) is 11.9. The molecule has 0 atom stereocenters. The lowest BCUT2D eigenvalue weighted by Crippen LogP contribution is -2.14. The molecule has 10 heavy (non-hydrogen) atoms. The summed E-state index contributed by atoms with van der Waals surface area (Å²) in [5, 5.41) is 3.80. The quantitative estimate of drug-likeness (QED) is 0.281. The fraction of sp³-hybridized carbons (Fsp3) is 0. The zero-order valence-electron chi connectivity index (χ0n) is 4.91. The van der Waals surface area contributed by atoms with Crippen LogP contribution in [0.25, 0.3) is 0 Å². The Hall–Kier alpha value is -0.810. The summed E-state index contributed by atoms with van der Waals surface area (Å²) in [7, 11) is 0. The zero-order valence-corrected chi connectivity index (χ0v) is 6.49. The standard InChI is InChI=1S/C4H5ClN4S/c5-2-1-8-4(10-2)3(6)9-7/h1H,7H2,(H2,6,9). The Morgan fingerprint density at radius 1 is 1.80 bits per heavy atom. The number of aromatic nitrogens is 1. The van der Waals surface area contributed by atoms with Gasteiger partial charge in [-0.05, 0) is 0 Å². The van der Waals surface area contributed by atoms with Crippen molar-refractivity contribution < 1.29 is 0 Å². The highest BCUT2D eigenvalue weighted by molar-refractivity contribution is 7.17. The Kier molecular flexibility index (Phi) is 2.08. The van der Waals surface area contributed by atoms with Crippen molar-refractivity contribution in [3.8, 4) is 0 Å². The van der Waals surface area contributed by atoms with Crippen molar-refractivity contribution in [3.05, 3.63) is 15.5 Å². The molecule has 1 heterocycles. The van der Waals surface area contributed by atoms with Gasteiger partial charge in [-0.3, -0.25) is 0 Å². The van der Waals surface area contributed by atoms with Crippen molar-refractivity contribution in [1.29, 1.82) is 0 Å². The number of nitrogens with two attached hydrogens (primary N) is 2. The van der Waals surface area contributed by atoms with Crippen LogP contribution in [-0.2, 0) is 0 Å². The second kappa shape index (κ2) is 2.85. The van der Waals surface area contributed by atoms with Crippen molar-refractivity contribution in [1.82, 2.24) is 4.98 Å². The van der Waals surface area contributed by atoms with Crippen molar-refractivity contribution in [2.75, 3.05) is 0 Å². The van der Waals surface area contributed by atoms with Gasteiger partial charge in [0, 0.05) is 0 Å². The van der Waals surface area contributed by atoms with Crippen LogP contribution in [0.15, 0.2) is 11.3 Å². The van der Waals surface area contributed by atoms with Crippen LogP contribution in [0.3, 0.4) is 0 Å². The first-order valence-electron chi connectivity index (χ1n) is 2.39. The highest BCUT2D eigenvalue weighted by Crippen LogP contribution is 2.17. The van der Waals surface area contributed by atoms with E-state index >= 15 is 0 Å². The van der Waals surface area contributed by atoms with Gasteiger partial charge < -0.3 is 11.6 Å². The maximum Gasteiger partial charge on any atom is 0.179 e. The molecular formula is C4H5ClN4S. The molecule has 0 aliphatic heterocycles. The Morgan fingerprint density at radius 2 is 2.50 bits per heavy atom. The van der Waals surface area contributed by atoms with E-state index in [1.165, 1.54) is 17.5 Å². The summed E-state index contributed by atoms with van der Waals surface area (Å²) < 4.78 is 0.571. The minimum atomic E-state index is 0.205. The van der Waals surface area contributed by atoms with Gasteiger partial charge in [0.1, 0.15) is 4.34 Å². The van der Waals surface area contributed by atoms with Crippen LogP contribution in [0, 0.1) is 0 Å². The van der Waals surface area contributed by atoms with Gasteiger partial charge in [0.25, 0.3) is 0 Å². The largest absolute Gasteiger partial charge is 0.380 e. The summed E-state index contributed by atoms with van der Waals surface area (Å²) >= 11 is 6.81. The third-order valence-electron chi connectivity index (χ3n) is 0.836. The maximum atomic E-state index is 5.57. The number of hydrogen-bond donors (Lipinski definition) is 2. The molecule has 0 saturated heterocycles. The summed E-state index contributed by atoms with van der Waals surface area (Å²) in [6, 6.07) is 0. The van der Waals surface area contributed by atoms with Crippen LogP contribution in [-0.4, -0.2) is 10.8 Å². The fourth-order valence-corrected chi connectivity index (χ4v) is 1.25. The van der Waals surface area contributed by atoms with Crippen LogP contribution in [0.1, 0.15) is 5.01 Å². The number of nitrogens with zero attached hydrogens (tertiary/aromatic N) is 2. The highest BCUT2D eigenvalue weighted by Gasteiger charge is 2.02. The van der Waals surface area contributed by atoms with Gasteiger partial charge in [0.2, 0.25) is 0 Å². The average molecular weight is 177 g/mol. The lowest BCUT2D eigenvalue weighted by Gasteiger charge is -1.87. The van der Waals surface area contributed by atoms with Crippen molar-refractivity contribution >= 4 is 28.8 Å². The predicted molar refractivity (Wildman–Crippen MR) is 42.0 cm³/mol. The van der Waals surface area contributed by atoms with E-state index in [2.05, 4.69) is 10.1 Å². The first kappa shape index (κ1) is 7.30. The topological polar surface area (TPSA) is 77.3 Å². The molecule has 0 amide bonds. The maximum absolute atomic E-state index is 5.57. The fourth-order valence-electron chi connectivity index (χ4n) is 0.428. The Labute approximate surface area is 66.5 Å². The molecule has 0 saturated carbocycles. The van der Waals surface area contributed by atoms with Crippen molar-refractivity contribution in [2.24, 2.45) is 16.7 Å². The van der Waals surface area contributed by atoms with Crippen molar-refractivity contribution in [2.45, 2.75) is 0 Å². The molecule has 0 aliphatic carbocycles. The summed E-state index contributed by atoms with van der Waals surface area (Å²) in [5.41, 5.74) is 5.32. The SMILES string of the molecule is N/N=C(\N)c1ncc(Cl)s1. The van der Waals surface area contributed by atoms with E-state index in [1.807, 2.05) is 0 Å². The highest BCUT2D eigenvalue weighted by atomic mass is 35.5. The van der Waals surface area contributed by atoms with Gasteiger partial charge in [-0.15, -0.1) is 0 Å². The molecule has 1 aromatic rings. The lowest BCUT2D eigenvalue weighted by molar-refractivity contribution is 1.22. The molecule has 4 nitrogen and oxygen atoms in total. The molecule has 0 fully saturated rings. The molecule has 0 aromatic carbocycles. The van der Waals surface area contributed by atoms with Gasteiger partial charge in [-0.1, -0.05) is 22.9 Å². The Bertz CT molecular complexity index is 256. The summed E-state index contributed by atoms with van der Waals surface area (Å²) in [5.74, 6) is 5.11. The molecule has 0 unspecified atom stereocenters. The second-order valence-electron chi connectivity index (χ2n) is 1.48. The molecular weight excluding hydrogens is 172 g/mol. The lowest BCUT2D eigenvalue weighted by atomic mass is 10.6. The van der Waals surface area contributed by atoms with Crippen LogP contribution in [0.2, 0.25) is 4.34 Å². The van der Waals surface area contributed by atoms with Crippen LogP contribution in [0.5, 0.6) is 0 Å². The molecule has 6 heteroatoms.